The summed E-state index contributed by atoms with van der Waals surface area (Å²) in [4.78, 5) is 0. The highest BCUT2D eigenvalue weighted by Crippen LogP contribution is 2.25. The second kappa shape index (κ2) is 3.11. The minimum Gasteiger partial charge on any atom is -0.162 e. The van der Waals surface area contributed by atoms with Gasteiger partial charge in [-0.2, -0.15) is 11.8 Å². The Bertz CT molecular complexity index is 80.9. The first-order chi connectivity index (χ1) is 4.21. The van der Waals surface area contributed by atoms with Crippen LogP contribution in [0.4, 0.5) is 0 Å². The molecule has 0 nitrogen and oxygen atoms in total. The SMILES string of the molecule is C[Si]1(C)CCCSCC1. The van der Waals surface area contributed by atoms with E-state index in [2.05, 4.69) is 24.9 Å². The van der Waals surface area contributed by atoms with Crippen LogP contribution in [-0.2, 0) is 0 Å². The van der Waals surface area contributed by atoms with Crippen LogP contribution in [0.1, 0.15) is 6.42 Å². The van der Waals surface area contributed by atoms with Gasteiger partial charge in [-0.05, 0) is 24.0 Å². The van der Waals surface area contributed by atoms with E-state index in [0.717, 1.165) is 0 Å². The summed E-state index contributed by atoms with van der Waals surface area (Å²) in [5.74, 6) is 2.87. The van der Waals surface area contributed by atoms with Crippen molar-refractivity contribution in [3.05, 3.63) is 0 Å². The van der Waals surface area contributed by atoms with Crippen molar-refractivity contribution in [1.29, 1.82) is 0 Å². The predicted molar refractivity (Wildman–Crippen MR) is 49.0 cm³/mol. The fourth-order valence-electron chi connectivity index (χ4n) is 1.23. The minimum absolute atomic E-state index is 0.662. The number of hydrogen-bond acceptors (Lipinski definition) is 1. The van der Waals surface area contributed by atoms with Crippen LogP contribution in [0.5, 0.6) is 0 Å². The van der Waals surface area contributed by atoms with Gasteiger partial charge in [0.2, 0.25) is 0 Å². The van der Waals surface area contributed by atoms with Gasteiger partial charge in [0.25, 0.3) is 0 Å². The number of rotatable bonds is 0. The lowest BCUT2D eigenvalue weighted by Crippen LogP contribution is -2.23. The van der Waals surface area contributed by atoms with Crippen molar-refractivity contribution in [3.8, 4) is 0 Å². The third kappa shape index (κ3) is 2.76. The highest BCUT2D eigenvalue weighted by molar-refractivity contribution is 7.99. The van der Waals surface area contributed by atoms with Gasteiger partial charge in [-0.1, -0.05) is 19.1 Å². The molecule has 1 aliphatic heterocycles. The largest absolute Gasteiger partial charge is 0.162 e. The molecule has 0 unspecified atom stereocenters. The molecule has 0 radical (unpaired) electrons. The highest BCUT2D eigenvalue weighted by atomic mass is 32.2. The Morgan fingerprint density at radius 1 is 1.11 bits per heavy atom. The lowest BCUT2D eigenvalue weighted by molar-refractivity contribution is 1.06. The third-order valence-electron chi connectivity index (χ3n) is 2.07. The smallest absolute Gasteiger partial charge is 0.0482 e. The van der Waals surface area contributed by atoms with E-state index in [1.165, 1.54) is 17.9 Å². The van der Waals surface area contributed by atoms with E-state index in [4.69, 9.17) is 0 Å². The standard InChI is InChI=1S/C7H16SSi/c1-9(2)6-3-4-8-5-7-9/h3-7H2,1-2H3. The average Bonchev–Trinajstić information content (AvgIpc) is 1.92. The van der Waals surface area contributed by atoms with Gasteiger partial charge < -0.3 is 0 Å². The van der Waals surface area contributed by atoms with Gasteiger partial charge in [-0.3, -0.25) is 0 Å². The molecule has 0 aromatic heterocycles. The van der Waals surface area contributed by atoms with Crippen LogP contribution in [0, 0.1) is 0 Å². The molecule has 1 aliphatic rings. The predicted octanol–water partition coefficient (Wildman–Crippen LogP) is 2.83. The summed E-state index contributed by atoms with van der Waals surface area (Å²) in [6.45, 7) is 5.05. The van der Waals surface area contributed by atoms with Crippen molar-refractivity contribution in [2.45, 2.75) is 31.6 Å². The Morgan fingerprint density at radius 2 is 1.89 bits per heavy atom. The van der Waals surface area contributed by atoms with Crippen molar-refractivity contribution in [2.75, 3.05) is 11.5 Å². The zero-order valence-electron chi connectivity index (χ0n) is 6.44. The second-order valence-electron chi connectivity index (χ2n) is 3.63. The van der Waals surface area contributed by atoms with Gasteiger partial charge in [-0.15, -0.1) is 0 Å². The molecular formula is C7H16SSi. The van der Waals surface area contributed by atoms with Gasteiger partial charge in [0, 0.05) is 8.07 Å². The molecule has 54 valence electrons. The van der Waals surface area contributed by atoms with E-state index in [9.17, 15) is 0 Å². The van der Waals surface area contributed by atoms with Crippen molar-refractivity contribution in [2.24, 2.45) is 0 Å². The van der Waals surface area contributed by atoms with Crippen molar-refractivity contribution in [1.82, 2.24) is 0 Å². The molecule has 0 atom stereocenters. The monoisotopic (exact) mass is 160 g/mol. The first-order valence-corrected chi connectivity index (χ1v) is 8.35. The summed E-state index contributed by atoms with van der Waals surface area (Å²) in [7, 11) is -0.662. The van der Waals surface area contributed by atoms with E-state index in [0.29, 0.717) is 0 Å². The maximum Gasteiger partial charge on any atom is 0.0482 e. The molecule has 0 aromatic rings. The topological polar surface area (TPSA) is 0 Å². The molecule has 0 bridgehead atoms. The molecule has 1 saturated heterocycles. The maximum absolute atomic E-state index is 2.53. The van der Waals surface area contributed by atoms with Crippen LogP contribution in [0.2, 0.25) is 25.2 Å². The van der Waals surface area contributed by atoms with E-state index >= 15 is 0 Å². The Kier molecular flexibility index (Phi) is 2.65. The fourth-order valence-corrected chi connectivity index (χ4v) is 6.21. The highest BCUT2D eigenvalue weighted by Gasteiger charge is 2.21. The molecular weight excluding hydrogens is 144 g/mol. The first kappa shape index (κ1) is 7.67. The quantitative estimate of drug-likeness (QED) is 0.491. The van der Waals surface area contributed by atoms with Gasteiger partial charge >= 0.3 is 0 Å². The van der Waals surface area contributed by atoms with Crippen molar-refractivity contribution < 1.29 is 0 Å². The summed E-state index contributed by atoms with van der Waals surface area (Å²) in [6.07, 6.45) is 1.49. The van der Waals surface area contributed by atoms with Crippen LogP contribution in [0.25, 0.3) is 0 Å². The summed E-state index contributed by atoms with van der Waals surface area (Å²) in [5, 5.41) is 0. The Hall–Kier alpha value is 0.567. The number of hydrogen-bond donors (Lipinski definition) is 0. The van der Waals surface area contributed by atoms with E-state index in [1.54, 1.807) is 12.1 Å². The third-order valence-corrected chi connectivity index (χ3v) is 6.81. The van der Waals surface area contributed by atoms with Gasteiger partial charge in [0.05, 0.1) is 0 Å². The fraction of sp³-hybridized carbons (Fsp3) is 1.00. The lowest BCUT2D eigenvalue weighted by Gasteiger charge is -2.17. The van der Waals surface area contributed by atoms with Crippen molar-refractivity contribution in [3.63, 3.8) is 0 Å². The molecule has 0 aromatic carbocycles. The molecule has 0 spiro atoms. The molecule has 0 saturated carbocycles. The average molecular weight is 160 g/mol. The molecule has 2 heteroatoms. The maximum atomic E-state index is 2.53. The molecule has 0 N–H and O–H groups in total. The van der Waals surface area contributed by atoms with E-state index < -0.39 is 8.07 Å². The molecule has 9 heavy (non-hydrogen) atoms. The molecule has 1 fully saturated rings. The molecule has 1 heterocycles. The van der Waals surface area contributed by atoms with Crippen LogP contribution in [-0.4, -0.2) is 19.6 Å². The van der Waals surface area contributed by atoms with Crippen LogP contribution in [0.15, 0.2) is 0 Å². The lowest BCUT2D eigenvalue weighted by atomic mass is 10.6. The molecule has 0 amide bonds. The van der Waals surface area contributed by atoms with Gasteiger partial charge in [-0.25, -0.2) is 0 Å². The summed E-state index contributed by atoms with van der Waals surface area (Å²) < 4.78 is 0. The zero-order chi connectivity index (χ0) is 6.74. The summed E-state index contributed by atoms with van der Waals surface area (Å²) >= 11 is 2.15. The van der Waals surface area contributed by atoms with Gasteiger partial charge in [0.1, 0.15) is 0 Å². The second-order valence-corrected chi connectivity index (χ2v) is 10.2. The molecule has 1 rings (SSSR count). The zero-order valence-corrected chi connectivity index (χ0v) is 8.26. The first-order valence-electron chi connectivity index (χ1n) is 3.78. The van der Waals surface area contributed by atoms with Crippen molar-refractivity contribution >= 4 is 19.8 Å². The van der Waals surface area contributed by atoms with Crippen LogP contribution in [0.3, 0.4) is 0 Å². The number of thioether (sulfide) groups is 1. The van der Waals surface area contributed by atoms with E-state index in [-0.39, 0.29) is 0 Å². The molecule has 0 aliphatic carbocycles. The summed E-state index contributed by atoms with van der Waals surface area (Å²) in [5.41, 5.74) is 0. The van der Waals surface area contributed by atoms with Crippen LogP contribution >= 0.6 is 11.8 Å². The van der Waals surface area contributed by atoms with E-state index in [1.807, 2.05) is 0 Å². The Morgan fingerprint density at radius 3 is 2.67 bits per heavy atom. The van der Waals surface area contributed by atoms with Gasteiger partial charge in [0.15, 0.2) is 0 Å². The Balaban J connectivity index is 2.36. The normalized spacial score (nSPS) is 27.3. The summed E-state index contributed by atoms with van der Waals surface area (Å²) in [6, 6.07) is 3.12. The Labute approximate surface area is 63.4 Å². The van der Waals surface area contributed by atoms with Crippen LogP contribution < -0.4 is 0 Å². The minimum atomic E-state index is -0.662.